The number of hydrogen-bond acceptors (Lipinski definition) is 5. The van der Waals surface area contributed by atoms with Crippen LogP contribution in [0.4, 0.5) is 0 Å². The number of amides is 2. The summed E-state index contributed by atoms with van der Waals surface area (Å²) in [6.45, 7) is 2.08. The van der Waals surface area contributed by atoms with Crippen molar-refractivity contribution in [2.75, 3.05) is 13.1 Å². The molecule has 0 bridgehead atoms. The number of hydrogen-bond donors (Lipinski definition) is 5. The molecule has 0 fully saturated rings. The van der Waals surface area contributed by atoms with Gasteiger partial charge in [-0.05, 0) is 49.0 Å². The lowest BCUT2D eigenvalue weighted by Gasteiger charge is -2.21. The highest BCUT2D eigenvalue weighted by Gasteiger charge is 2.25. The Balaban J connectivity index is 4.53. The molecule has 0 aromatic rings. The summed E-state index contributed by atoms with van der Waals surface area (Å²) in [5.41, 5.74) is 21.2. The SMILES string of the molecule is CC(=O)N[C@@H](CCCCNN=[N+]=[N-])C(=O)N[C@@H](CCCCNN=[N+]=[N-])C(=O)O. The zero-order valence-electron chi connectivity index (χ0n) is 15.7. The van der Waals surface area contributed by atoms with E-state index in [0.29, 0.717) is 45.2 Å². The molecule has 0 spiro atoms. The maximum absolute atomic E-state index is 12.4. The van der Waals surface area contributed by atoms with Gasteiger partial charge in [-0.1, -0.05) is 0 Å². The van der Waals surface area contributed by atoms with E-state index in [1.54, 1.807) is 0 Å². The quantitative estimate of drug-likeness (QED) is 0.0839. The Morgan fingerprint density at radius 2 is 1.39 bits per heavy atom. The molecular formula is C14H26N10O4. The fraction of sp³-hybridized carbons (Fsp3) is 0.786. The number of nitrogens with one attached hydrogen (secondary N) is 4. The van der Waals surface area contributed by atoms with E-state index in [4.69, 9.17) is 11.1 Å². The third-order valence-corrected chi connectivity index (χ3v) is 3.60. The third-order valence-electron chi connectivity index (χ3n) is 3.60. The second-order valence-electron chi connectivity index (χ2n) is 5.84. The molecule has 2 amide bonds. The summed E-state index contributed by atoms with van der Waals surface area (Å²) >= 11 is 0. The van der Waals surface area contributed by atoms with Crippen molar-refractivity contribution in [3.05, 3.63) is 20.9 Å². The molecule has 28 heavy (non-hydrogen) atoms. The average molecular weight is 398 g/mol. The molecule has 14 nitrogen and oxygen atoms in total. The van der Waals surface area contributed by atoms with Gasteiger partial charge in [-0.2, -0.15) is 9.82 Å². The van der Waals surface area contributed by atoms with E-state index in [-0.39, 0.29) is 6.42 Å². The summed E-state index contributed by atoms with van der Waals surface area (Å²) < 4.78 is 0. The Hall–Kier alpha value is -3.37. The van der Waals surface area contributed by atoms with Crippen LogP contribution in [0.3, 0.4) is 0 Å². The van der Waals surface area contributed by atoms with Crippen molar-refractivity contribution in [2.45, 2.75) is 57.5 Å². The number of carboxylic acids is 1. The Kier molecular flexibility index (Phi) is 13.9. The smallest absolute Gasteiger partial charge is 0.326 e. The van der Waals surface area contributed by atoms with Crippen molar-refractivity contribution < 1.29 is 19.5 Å². The summed E-state index contributed by atoms with van der Waals surface area (Å²) in [5, 5.41) is 20.6. The molecule has 0 radical (unpaired) electrons. The van der Waals surface area contributed by atoms with Crippen molar-refractivity contribution in [3.8, 4) is 0 Å². The van der Waals surface area contributed by atoms with Gasteiger partial charge in [0.1, 0.15) is 12.1 Å². The van der Waals surface area contributed by atoms with Gasteiger partial charge in [0, 0.05) is 6.92 Å². The molecule has 0 aromatic carbocycles. The number of aliphatic carboxylic acids is 1. The maximum Gasteiger partial charge on any atom is 0.326 e. The summed E-state index contributed by atoms with van der Waals surface area (Å²) in [5.74, 6) is -2.14. The monoisotopic (exact) mass is 398 g/mol. The van der Waals surface area contributed by atoms with E-state index < -0.39 is 29.9 Å². The van der Waals surface area contributed by atoms with Crippen molar-refractivity contribution in [2.24, 2.45) is 10.4 Å². The largest absolute Gasteiger partial charge is 0.480 e. The lowest BCUT2D eigenvalue weighted by Crippen LogP contribution is -2.51. The third kappa shape index (κ3) is 12.9. The first kappa shape index (κ1) is 24.6. The number of rotatable bonds is 16. The van der Waals surface area contributed by atoms with Crippen molar-refractivity contribution in [1.82, 2.24) is 21.5 Å². The fourth-order valence-electron chi connectivity index (χ4n) is 2.31. The van der Waals surface area contributed by atoms with Crippen LogP contribution in [0.15, 0.2) is 10.4 Å². The van der Waals surface area contributed by atoms with Gasteiger partial charge < -0.3 is 15.7 Å². The van der Waals surface area contributed by atoms with Gasteiger partial charge in [-0.3, -0.25) is 20.4 Å². The highest BCUT2D eigenvalue weighted by atomic mass is 16.4. The molecule has 0 heterocycles. The van der Waals surface area contributed by atoms with Crippen molar-refractivity contribution >= 4 is 17.8 Å². The lowest BCUT2D eigenvalue weighted by atomic mass is 10.1. The first-order valence-corrected chi connectivity index (χ1v) is 8.76. The van der Waals surface area contributed by atoms with E-state index in [9.17, 15) is 19.5 Å². The van der Waals surface area contributed by atoms with E-state index in [1.807, 2.05) is 0 Å². The van der Waals surface area contributed by atoms with Crippen LogP contribution in [0.2, 0.25) is 0 Å². The van der Waals surface area contributed by atoms with Gasteiger partial charge in [-0.25, -0.2) is 4.79 Å². The van der Waals surface area contributed by atoms with E-state index in [2.05, 4.69) is 41.8 Å². The second kappa shape index (κ2) is 15.9. The Morgan fingerprint density at radius 3 is 1.82 bits per heavy atom. The van der Waals surface area contributed by atoms with Crippen LogP contribution in [0.25, 0.3) is 20.9 Å². The minimum absolute atomic E-state index is 0.196. The van der Waals surface area contributed by atoms with Crippen LogP contribution in [-0.4, -0.2) is 48.1 Å². The Labute approximate surface area is 161 Å². The van der Waals surface area contributed by atoms with Gasteiger partial charge in [-0.15, -0.1) is 11.1 Å². The normalized spacial score (nSPS) is 11.8. The van der Waals surface area contributed by atoms with E-state index in [1.165, 1.54) is 6.92 Å². The van der Waals surface area contributed by atoms with Gasteiger partial charge >= 0.3 is 5.97 Å². The first-order valence-electron chi connectivity index (χ1n) is 8.76. The maximum atomic E-state index is 12.4. The molecule has 0 aliphatic heterocycles. The fourth-order valence-corrected chi connectivity index (χ4v) is 2.31. The molecule has 0 aliphatic rings. The van der Waals surface area contributed by atoms with Crippen LogP contribution in [0, 0.1) is 0 Å². The van der Waals surface area contributed by atoms with Gasteiger partial charge in [0.25, 0.3) is 0 Å². The van der Waals surface area contributed by atoms with Gasteiger partial charge in [0.15, 0.2) is 0 Å². The summed E-state index contributed by atoms with van der Waals surface area (Å²) in [6, 6.07) is -1.94. The topological polar surface area (TPSA) is 217 Å². The molecule has 0 saturated heterocycles. The van der Waals surface area contributed by atoms with E-state index in [0.717, 1.165) is 0 Å². The van der Waals surface area contributed by atoms with Gasteiger partial charge in [0.2, 0.25) is 11.8 Å². The Morgan fingerprint density at radius 1 is 0.893 bits per heavy atom. The second-order valence-corrected chi connectivity index (χ2v) is 5.84. The number of azide groups is 2. The Bertz CT molecular complexity index is 601. The summed E-state index contributed by atoms with van der Waals surface area (Å²) in [6.07, 6.45) is 2.71. The van der Waals surface area contributed by atoms with E-state index >= 15 is 0 Å². The average Bonchev–Trinajstić information content (AvgIpc) is 2.64. The number of carbonyl (C=O) groups excluding carboxylic acids is 2. The highest BCUT2D eigenvalue weighted by Crippen LogP contribution is 2.05. The number of unbranched alkanes of at least 4 members (excludes halogenated alkanes) is 2. The zero-order chi connectivity index (χ0) is 21.2. The van der Waals surface area contributed by atoms with Crippen molar-refractivity contribution in [1.29, 1.82) is 0 Å². The first-order chi connectivity index (χ1) is 13.4. The number of carbonyl (C=O) groups is 3. The van der Waals surface area contributed by atoms with Crippen molar-refractivity contribution in [3.63, 3.8) is 0 Å². The summed E-state index contributed by atoms with van der Waals surface area (Å²) in [4.78, 5) is 40.2. The molecule has 14 heteroatoms. The molecule has 2 atom stereocenters. The minimum atomic E-state index is -1.17. The summed E-state index contributed by atoms with van der Waals surface area (Å²) in [7, 11) is 0. The molecule has 5 N–H and O–H groups in total. The number of carboxylic acid groups (broad SMARTS) is 1. The molecule has 0 aliphatic carbocycles. The molecule has 0 unspecified atom stereocenters. The minimum Gasteiger partial charge on any atom is -0.480 e. The molecule has 0 aromatic heterocycles. The van der Waals surface area contributed by atoms with Crippen LogP contribution in [0.1, 0.15) is 45.4 Å². The van der Waals surface area contributed by atoms with Gasteiger partial charge in [0.05, 0.1) is 13.1 Å². The molecule has 156 valence electrons. The number of nitrogens with zero attached hydrogens (tertiary/aromatic N) is 6. The predicted octanol–water partition coefficient (Wildman–Crippen LogP) is 1.03. The van der Waals surface area contributed by atoms with Crippen LogP contribution < -0.4 is 21.5 Å². The van der Waals surface area contributed by atoms with Crippen LogP contribution >= 0.6 is 0 Å². The molecule has 0 rings (SSSR count). The van der Waals surface area contributed by atoms with Crippen LogP contribution in [-0.2, 0) is 14.4 Å². The highest BCUT2D eigenvalue weighted by molar-refractivity contribution is 5.89. The standard InChI is InChI=1S/C14H26N10O4/c1-10(25)19-11(6-2-4-8-17-23-21-15)13(26)20-12(14(27)28)7-3-5-9-18-24-22-16/h11-12,17-18H,2-9H2,1H3,(H,19,25)(H,20,26)(H,27,28)/t11-,12-/m0/s1. The van der Waals surface area contributed by atoms with Crippen LogP contribution in [0.5, 0.6) is 0 Å². The molecule has 0 saturated carbocycles. The predicted molar refractivity (Wildman–Crippen MR) is 99.2 cm³/mol. The molecular weight excluding hydrogens is 372 g/mol. The lowest BCUT2D eigenvalue weighted by molar-refractivity contribution is -0.142. The zero-order valence-corrected chi connectivity index (χ0v) is 15.7.